The number of nitrogens with one attached hydrogen (secondary N) is 2. The molecule has 1 atom stereocenters. The van der Waals surface area contributed by atoms with Crippen molar-refractivity contribution in [3.63, 3.8) is 0 Å². The molecule has 1 aliphatic rings. The molecule has 1 unspecified atom stereocenters. The highest BCUT2D eigenvalue weighted by Gasteiger charge is 2.40. The second kappa shape index (κ2) is 5.61. The number of rotatable bonds is 7. The number of aliphatic carboxylic acids is 1. The van der Waals surface area contributed by atoms with Crippen LogP contribution in [0.3, 0.4) is 0 Å². The minimum atomic E-state index is -0.777. The maximum Gasteiger partial charge on any atom is 0.305 e. The zero-order valence-electron chi connectivity index (χ0n) is 9.99. The molecule has 1 fully saturated rings. The predicted octanol–water partition coefficient (Wildman–Crippen LogP) is -0.200. The van der Waals surface area contributed by atoms with E-state index in [1.165, 1.54) is 0 Å². The first-order valence-corrected chi connectivity index (χ1v) is 5.80. The summed E-state index contributed by atoms with van der Waals surface area (Å²) in [6.07, 6.45) is 0.799. The van der Waals surface area contributed by atoms with Gasteiger partial charge < -0.3 is 20.8 Å². The summed E-state index contributed by atoms with van der Waals surface area (Å²) in [5, 5.41) is 24.4. The van der Waals surface area contributed by atoms with Gasteiger partial charge in [0.15, 0.2) is 0 Å². The largest absolute Gasteiger partial charge is 0.481 e. The molecule has 16 heavy (non-hydrogen) atoms. The molecule has 0 aliphatic carbocycles. The summed E-state index contributed by atoms with van der Waals surface area (Å²) in [6, 6.07) is 0.173. The van der Waals surface area contributed by atoms with E-state index in [4.69, 9.17) is 10.2 Å². The molecule has 1 heterocycles. The second-order valence-corrected chi connectivity index (χ2v) is 4.96. The highest BCUT2D eigenvalue weighted by Crippen LogP contribution is 2.20. The average Bonchev–Trinajstić information content (AvgIpc) is 2.12. The first kappa shape index (κ1) is 13.4. The van der Waals surface area contributed by atoms with Gasteiger partial charge in [-0.25, -0.2) is 0 Å². The average molecular weight is 230 g/mol. The van der Waals surface area contributed by atoms with Gasteiger partial charge >= 0.3 is 5.97 Å². The van der Waals surface area contributed by atoms with E-state index in [2.05, 4.69) is 24.5 Å². The van der Waals surface area contributed by atoms with Crippen LogP contribution in [-0.2, 0) is 4.79 Å². The fourth-order valence-corrected chi connectivity index (χ4v) is 2.10. The summed E-state index contributed by atoms with van der Waals surface area (Å²) in [4.78, 5) is 10.8. The lowest BCUT2D eigenvalue weighted by Crippen LogP contribution is -2.70. The van der Waals surface area contributed by atoms with Crippen molar-refractivity contribution in [3.05, 3.63) is 0 Å². The number of carboxylic acid groups (broad SMARTS) is 1. The number of hydrogen-bond donors (Lipinski definition) is 4. The van der Waals surface area contributed by atoms with Gasteiger partial charge in [0.05, 0.1) is 12.0 Å². The van der Waals surface area contributed by atoms with Gasteiger partial charge in [-0.2, -0.15) is 0 Å². The van der Waals surface area contributed by atoms with Crippen molar-refractivity contribution < 1.29 is 15.0 Å². The van der Waals surface area contributed by atoms with Crippen molar-refractivity contribution in [1.82, 2.24) is 10.6 Å². The minimum absolute atomic E-state index is 0.131. The van der Waals surface area contributed by atoms with Crippen molar-refractivity contribution in [3.8, 4) is 0 Å². The lowest BCUT2D eigenvalue weighted by atomic mass is 9.85. The smallest absolute Gasteiger partial charge is 0.305 e. The first-order chi connectivity index (χ1) is 7.49. The van der Waals surface area contributed by atoms with E-state index in [1.807, 2.05) is 0 Å². The monoisotopic (exact) mass is 230 g/mol. The van der Waals surface area contributed by atoms with E-state index in [1.54, 1.807) is 0 Å². The van der Waals surface area contributed by atoms with Crippen LogP contribution in [0.4, 0.5) is 0 Å². The van der Waals surface area contributed by atoms with E-state index in [0.717, 1.165) is 0 Å². The van der Waals surface area contributed by atoms with Gasteiger partial charge in [0.25, 0.3) is 0 Å². The van der Waals surface area contributed by atoms with E-state index >= 15 is 0 Å². The zero-order valence-corrected chi connectivity index (χ0v) is 9.99. The molecule has 0 aromatic rings. The molecule has 0 bridgehead atoms. The van der Waals surface area contributed by atoms with Gasteiger partial charge in [0.2, 0.25) is 0 Å². The Labute approximate surface area is 96.2 Å². The lowest BCUT2D eigenvalue weighted by Gasteiger charge is -2.45. The fraction of sp³-hybridized carbons (Fsp3) is 0.909. The summed E-state index contributed by atoms with van der Waals surface area (Å²) >= 11 is 0. The number of carbonyl (C=O) groups is 1. The Kier molecular flexibility index (Phi) is 4.70. The van der Waals surface area contributed by atoms with Gasteiger partial charge in [-0.3, -0.25) is 4.79 Å². The summed E-state index contributed by atoms with van der Waals surface area (Å²) in [7, 11) is 0. The lowest BCUT2D eigenvalue weighted by molar-refractivity contribution is -0.139. The summed E-state index contributed by atoms with van der Waals surface area (Å²) in [6.45, 7) is 5.66. The van der Waals surface area contributed by atoms with Gasteiger partial charge in [-0.05, 0) is 12.3 Å². The molecular formula is C11H22N2O3. The molecule has 0 radical (unpaired) electrons. The van der Waals surface area contributed by atoms with E-state index in [9.17, 15) is 4.79 Å². The SMILES string of the molecule is CC(C)C(CCO)NC1(CC(=O)O)CNC1. The van der Waals surface area contributed by atoms with Gasteiger partial charge in [0, 0.05) is 25.7 Å². The van der Waals surface area contributed by atoms with Gasteiger partial charge in [-0.1, -0.05) is 13.8 Å². The normalized spacial score (nSPS) is 20.5. The quantitative estimate of drug-likeness (QED) is 0.487. The number of aliphatic hydroxyl groups excluding tert-OH is 1. The van der Waals surface area contributed by atoms with Crippen molar-refractivity contribution in [2.24, 2.45) is 5.92 Å². The number of carboxylic acids is 1. The molecule has 0 saturated carbocycles. The Morgan fingerprint density at radius 1 is 1.50 bits per heavy atom. The molecule has 1 aliphatic heterocycles. The van der Waals surface area contributed by atoms with Crippen molar-refractivity contribution >= 4 is 5.97 Å². The molecular weight excluding hydrogens is 208 g/mol. The molecule has 94 valence electrons. The second-order valence-electron chi connectivity index (χ2n) is 4.96. The molecule has 0 aromatic carbocycles. The molecule has 1 rings (SSSR count). The predicted molar refractivity (Wildman–Crippen MR) is 61.3 cm³/mol. The van der Waals surface area contributed by atoms with Crippen LogP contribution in [0, 0.1) is 5.92 Å². The molecule has 5 nitrogen and oxygen atoms in total. The molecule has 1 saturated heterocycles. The van der Waals surface area contributed by atoms with Crippen LogP contribution in [0.5, 0.6) is 0 Å². The van der Waals surface area contributed by atoms with E-state index < -0.39 is 5.97 Å². The summed E-state index contributed by atoms with van der Waals surface area (Å²) < 4.78 is 0. The molecule has 5 heteroatoms. The maximum absolute atomic E-state index is 10.8. The first-order valence-electron chi connectivity index (χ1n) is 5.80. The summed E-state index contributed by atoms with van der Waals surface area (Å²) in [5.41, 5.74) is -0.323. The van der Waals surface area contributed by atoms with Crippen LogP contribution in [0.25, 0.3) is 0 Å². The highest BCUT2D eigenvalue weighted by molar-refractivity contribution is 5.68. The van der Waals surface area contributed by atoms with Gasteiger partial charge in [0.1, 0.15) is 0 Å². The Hall–Kier alpha value is -0.650. The Balaban J connectivity index is 2.56. The Morgan fingerprint density at radius 3 is 2.44 bits per heavy atom. The van der Waals surface area contributed by atoms with Crippen molar-refractivity contribution in [1.29, 1.82) is 0 Å². The number of aliphatic hydroxyl groups is 1. The fourth-order valence-electron chi connectivity index (χ4n) is 2.10. The van der Waals surface area contributed by atoms with E-state index in [0.29, 0.717) is 25.4 Å². The molecule has 0 spiro atoms. The zero-order chi connectivity index (χ0) is 12.2. The van der Waals surface area contributed by atoms with Crippen LogP contribution >= 0.6 is 0 Å². The van der Waals surface area contributed by atoms with Crippen LogP contribution in [0.15, 0.2) is 0 Å². The summed E-state index contributed by atoms with van der Waals surface area (Å²) in [5.74, 6) is -0.390. The Bertz CT molecular complexity index is 239. The van der Waals surface area contributed by atoms with Crippen LogP contribution in [-0.4, -0.2) is 47.5 Å². The van der Waals surface area contributed by atoms with Gasteiger partial charge in [-0.15, -0.1) is 0 Å². The highest BCUT2D eigenvalue weighted by atomic mass is 16.4. The topological polar surface area (TPSA) is 81.6 Å². The van der Waals surface area contributed by atoms with Crippen molar-refractivity contribution in [2.45, 2.75) is 38.3 Å². The number of hydrogen-bond acceptors (Lipinski definition) is 4. The third-order valence-corrected chi connectivity index (χ3v) is 3.15. The standard InChI is InChI=1S/C11H22N2O3/c1-8(2)9(3-4-14)13-11(5-10(15)16)6-12-7-11/h8-9,12-14H,3-7H2,1-2H3,(H,15,16). The molecule has 4 N–H and O–H groups in total. The van der Waals surface area contributed by atoms with Crippen LogP contribution in [0.2, 0.25) is 0 Å². The maximum atomic E-state index is 10.8. The third-order valence-electron chi connectivity index (χ3n) is 3.15. The molecule has 0 amide bonds. The molecule has 0 aromatic heterocycles. The minimum Gasteiger partial charge on any atom is -0.481 e. The Morgan fingerprint density at radius 2 is 2.12 bits per heavy atom. The third kappa shape index (κ3) is 3.43. The van der Waals surface area contributed by atoms with Crippen molar-refractivity contribution in [2.75, 3.05) is 19.7 Å². The van der Waals surface area contributed by atoms with Crippen LogP contribution in [0.1, 0.15) is 26.7 Å². The van der Waals surface area contributed by atoms with E-state index in [-0.39, 0.29) is 24.6 Å². The van der Waals surface area contributed by atoms with Crippen LogP contribution < -0.4 is 10.6 Å².